The summed E-state index contributed by atoms with van der Waals surface area (Å²) in [4.78, 5) is 28.4. The number of thioether (sulfide) groups is 1. The van der Waals surface area contributed by atoms with Gasteiger partial charge in [0.1, 0.15) is 17.8 Å². The molecule has 1 saturated heterocycles. The average Bonchev–Trinajstić information content (AvgIpc) is 3.17. The van der Waals surface area contributed by atoms with Crippen molar-refractivity contribution in [1.82, 2.24) is 14.6 Å². The Bertz CT molecular complexity index is 1240. The van der Waals surface area contributed by atoms with Crippen molar-refractivity contribution in [3.8, 4) is 5.88 Å². The highest BCUT2D eigenvalue weighted by Crippen LogP contribution is 2.46. The monoisotopic (exact) mass is 601 g/mol. The smallest absolute Gasteiger partial charge is 0.405 e. The fraction of sp³-hybridized carbons (Fsp3) is 0.560. The van der Waals surface area contributed by atoms with Crippen molar-refractivity contribution in [2.75, 3.05) is 32.7 Å². The summed E-state index contributed by atoms with van der Waals surface area (Å²) in [6.45, 7) is 3.75. The van der Waals surface area contributed by atoms with Crippen molar-refractivity contribution in [2.45, 2.75) is 51.4 Å². The molecule has 13 nitrogen and oxygen atoms in total. The second kappa shape index (κ2) is 13.7. The van der Waals surface area contributed by atoms with E-state index < -0.39 is 49.5 Å². The molecule has 1 aromatic heterocycles. The third-order valence-corrected chi connectivity index (χ3v) is 9.02. The van der Waals surface area contributed by atoms with Crippen molar-refractivity contribution < 1.29 is 43.2 Å². The van der Waals surface area contributed by atoms with Crippen molar-refractivity contribution in [3.63, 3.8) is 0 Å². The van der Waals surface area contributed by atoms with E-state index in [9.17, 15) is 29.5 Å². The molecule has 40 heavy (non-hydrogen) atoms. The highest BCUT2D eigenvalue weighted by atomic mass is 32.2. The second-order valence-corrected chi connectivity index (χ2v) is 12.9. The summed E-state index contributed by atoms with van der Waals surface area (Å²) in [5.41, 5.74) is -2.82. The third-order valence-electron chi connectivity index (χ3n) is 6.27. The molecule has 15 heteroatoms. The fourth-order valence-corrected chi connectivity index (χ4v) is 5.94. The molecule has 4 N–H and O–H groups in total. The first-order valence-electron chi connectivity index (χ1n) is 12.5. The third kappa shape index (κ3) is 7.99. The Labute approximate surface area is 236 Å². The highest BCUT2D eigenvalue weighted by molar-refractivity contribution is 8.13. The van der Waals surface area contributed by atoms with Gasteiger partial charge in [-0.2, -0.15) is 4.98 Å². The molecule has 2 aromatic rings. The number of rotatable bonds is 14. The van der Waals surface area contributed by atoms with E-state index in [4.69, 9.17) is 18.5 Å². The van der Waals surface area contributed by atoms with Gasteiger partial charge in [-0.3, -0.25) is 18.4 Å². The minimum Gasteiger partial charge on any atom is -0.481 e. The van der Waals surface area contributed by atoms with Crippen LogP contribution < -0.4 is 15.5 Å². The van der Waals surface area contributed by atoms with E-state index in [-0.39, 0.29) is 36.5 Å². The van der Waals surface area contributed by atoms with Crippen LogP contribution in [0.5, 0.6) is 5.88 Å². The zero-order chi connectivity index (χ0) is 29.6. The average molecular weight is 602 g/mol. The van der Waals surface area contributed by atoms with Crippen LogP contribution >= 0.6 is 19.5 Å². The molecule has 0 amide bonds. The molecular weight excluding hydrogens is 565 g/mol. The summed E-state index contributed by atoms with van der Waals surface area (Å²) in [5, 5.41) is 33.7. The van der Waals surface area contributed by atoms with Crippen molar-refractivity contribution >= 4 is 24.6 Å². The minimum absolute atomic E-state index is 0.0710. The van der Waals surface area contributed by atoms with E-state index in [1.807, 2.05) is 30.3 Å². The number of carbonyl (C=O) groups is 1. The second-order valence-electron chi connectivity index (χ2n) is 9.98. The number of ether oxygens (including phenoxy) is 2. The van der Waals surface area contributed by atoms with Gasteiger partial charge in [-0.05, 0) is 26.3 Å². The van der Waals surface area contributed by atoms with Gasteiger partial charge < -0.3 is 24.8 Å². The lowest BCUT2D eigenvalue weighted by Crippen LogP contribution is -2.46. The number of nitrogens with one attached hydrogen (secondary N) is 1. The Balaban J connectivity index is 1.69. The first-order valence-corrected chi connectivity index (χ1v) is 15.0. The molecule has 5 unspecified atom stereocenters. The number of aromatic nitrogens is 2. The summed E-state index contributed by atoms with van der Waals surface area (Å²) in [6, 6.07) is 10.5. The maximum absolute atomic E-state index is 13.6. The Hall–Kier alpha value is -2.13. The Morgan fingerprint density at radius 1 is 1.27 bits per heavy atom. The van der Waals surface area contributed by atoms with Crippen molar-refractivity contribution in [2.24, 2.45) is 5.41 Å². The Morgan fingerprint density at radius 3 is 2.60 bits per heavy atom. The van der Waals surface area contributed by atoms with Gasteiger partial charge in [0, 0.05) is 24.6 Å². The first-order chi connectivity index (χ1) is 18.8. The molecule has 1 aliphatic rings. The Kier molecular flexibility index (Phi) is 11.1. The van der Waals surface area contributed by atoms with E-state index in [1.54, 1.807) is 13.8 Å². The lowest BCUT2D eigenvalue weighted by molar-refractivity contribution is -0.119. The van der Waals surface area contributed by atoms with Crippen LogP contribution in [0.1, 0.15) is 32.6 Å². The standard InChI is InChI=1S/C25H36N3O10PS/c1-24(2,16-29)22(31)40-13-12-36-39(34,26-14-17-8-6-5-7-9-17)37-15-18-20(30)25(3,33)21(38-18)28-11-10-19(35-4)27-23(28)32/h5-11,18,20-21,29-30,33H,12-16H2,1-4H3,(H,26,34). The quantitative estimate of drug-likeness (QED) is 0.181. The highest BCUT2D eigenvalue weighted by Gasteiger charge is 2.54. The lowest BCUT2D eigenvalue weighted by atomic mass is 9.96. The van der Waals surface area contributed by atoms with Gasteiger partial charge in [0.05, 0.1) is 32.3 Å². The molecule has 1 aliphatic heterocycles. The molecule has 0 aliphatic carbocycles. The van der Waals surface area contributed by atoms with Crippen LogP contribution in [-0.4, -0.2) is 80.5 Å². The molecule has 1 aromatic carbocycles. The largest absolute Gasteiger partial charge is 0.481 e. The molecule has 5 atom stereocenters. The molecule has 0 radical (unpaired) electrons. The zero-order valence-electron chi connectivity index (χ0n) is 22.8. The normalized spacial score (nSPS) is 24.5. The van der Waals surface area contributed by atoms with E-state index in [2.05, 4.69) is 10.1 Å². The van der Waals surface area contributed by atoms with Gasteiger partial charge >= 0.3 is 13.4 Å². The van der Waals surface area contributed by atoms with Crippen molar-refractivity contribution in [1.29, 1.82) is 0 Å². The predicted octanol–water partition coefficient (Wildman–Crippen LogP) is 1.47. The van der Waals surface area contributed by atoms with Crippen LogP contribution in [-0.2, 0) is 29.7 Å². The van der Waals surface area contributed by atoms with E-state index in [1.165, 1.54) is 26.3 Å². The summed E-state index contributed by atoms with van der Waals surface area (Å²) in [7, 11) is -2.67. The SMILES string of the molecule is COc1ccn(C2OC(COP(=O)(NCc3ccccc3)OCCSC(=O)C(C)(C)CO)C(O)C2(C)O)c(=O)n1. The van der Waals surface area contributed by atoms with Crippen LogP contribution in [0.25, 0.3) is 0 Å². The summed E-state index contributed by atoms with van der Waals surface area (Å²) in [5.74, 6) is 0.219. The summed E-state index contributed by atoms with van der Waals surface area (Å²) < 4.78 is 36.5. The van der Waals surface area contributed by atoms with Gasteiger partial charge in [-0.1, -0.05) is 42.1 Å². The fourth-order valence-electron chi connectivity index (χ4n) is 3.70. The van der Waals surface area contributed by atoms with Gasteiger partial charge in [0.15, 0.2) is 11.3 Å². The first kappa shape index (κ1) is 32.4. The number of carbonyl (C=O) groups excluding carboxylic acids is 1. The minimum atomic E-state index is -4.02. The maximum Gasteiger partial charge on any atom is 0.405 e. The van der Waals surface area contributed by atoms with Gasteiger partial charge in [-0.25, -0.2) is 14.4 Å². The number of aliphatic hydroxyl groups excluding tert-OH is 2. The number of hydrogen-bond donors (Lipinski definition) is 4. The topological polar surface area (TPSA) is 179 Å². The lowest BCUT2D eigenvalue weighted by Gasteiger charge is -2.27. The number of nitrogens with zero attached hydrogens (tertiary/aromatic N) is 2. The van der Waals surface area contributed by atoms with E-state index in [0.717, 1.165) is 21.9 Å². The van der Waals surface area contributed by atoms with E-state index >= 15 is 0 Å². The van der Waals surface area contributed by atoms with Crippen LogP contribution in [0.4, 0.5) is 0 Å². The molecule has 2 heterocycles. The van der Waals surface area contributed by atoms with Crippen molar-refractivity contribution in [3.05, 3.63) is 58.6 Å². The molecular formula is C25H36N3O10PS. The molecule has 0 saturated carbocycles. The predicted molar refractivity (Wildman–Crippen MR) is 147 cm³/mol. The number of benzene rings is 1. The van der Waals surface area contributed by atoms with Crippen LogP contribution in [0.3, 0.4) is 0 Å². The van der Waals surface area contributed by atoms with Crippen LogP contribution in [0, 0.1) is 5.41 Å². The maximum atomic E-state index is 13.6. The number of aliphatic hydroxyl groups is 3. The van der Waals surface area contributed by atoms with Crippen LogP contribution in [0.15, 0.2) is 47.4 Å². The molecule has 0 bridgehead atoms. The molecule has 1 fully saturated rings. The number of hydrogen-bond acceptors (Lipinski definition) is 12. The summed E-state index contributed by atoms with van der Waals surface area (Å²) in [6.07, 6.45) is -2.72. The molecule has 222 valence electrons. The van der Waals surface area contributed by atoms with Gasteiger partial charge in [-0.15, -0.1) is 0 Å². The van der Waals surface area contributed by atoms with Crippen LogP contribution in [0.2, 0.25) is 0 Å². The van der Waals surface area contributed by atoms with E-state index in [0.29, 0.717) is 0 Å². The summed E-state index contributed by atoms with van der Waals surface area (Å²) >= 11 is 0.935. The number of methoxy groups -OCH3 is 1. The Morgan fingerprint density at radius 2 is 1.98 bits per heavy atom. The van der Waals surface area contributed by atoms with Gasteiger partial charge in [0.25, 0.3) is 0 Å². The van der Waals surface area contributed by atoms with Gasteiger partial charge in [0.2, 0.25) is 5.88 Å². The molecule has 0 spiro atoms. The zero-order valence-corrected chi connectivity index (χ0v) is 24.5. The molecule has 3 rings (SSSR count).